The van der Waals surface area contributed by atoms with Crippen molar-refractivity contribution in [1.29, 1.82) is 0 Å². The number of benzene rings is 1. The summed E-state index contributed by atoms with van der Waals surface area (Å²) in [6, 6.07) is 3.59. The Morgan fingerprint density at radius 2 is 2.04 bits per heavy atom. The first kappa shape index (κ1) is 18.6. The minimum absolute atomic E-state index is 0.332. The summed E-state index contributed by atoms with van der Waals surface area (Å²) in [5.74, 6) is 0.0628. The Labute approximate surface area is 153 Å². The Balaban J connectivity index is 1.49. The average Bonchev–Trinajstić information content (AvgIpc) is 2.68. The number of ether oxygens (including phenoxy) is 1. The van der Waals surface area contributed by atoms with Gasteiger partial charge in [-0.05, 0) is 25.0 Å². The first-order chi connectivity index (χ1) is 12.7. The maximum absolute atomic E-state index is 13.9. The lowest BCUT2D eigenvalue weighted by atomic mass is 10.1. The normalized spacial score (nSPS) is 18.7. The van der Waals surface area contributed by atoms with Crippen LogP contribution in [0.25, 0.3) is 0 Å². The van der Waals surface area contributed by atoms with Crippen molar-refractivity contribution < 1.29 is 13.5 Å². The van der Waals surface area contributed by atoms with E-state index in [1.807, 2.05) is 4.90 Å². The molecule has 0 amide bonds. The molecule has 0 spiro atoms. The van der Waals surface area contributed by atoms with E-state index < -0.39 is 5.82 Å². The molecule has 2 aliphatic heterocycles. The fraction of sp³-hybridized carbons (Fsp3) is 0.526. The van der Waals surface area contributed by atoms with Crippen LogP contribution in [0.4, 0.5) is 14.5 Å². The van der Waals surface area contributed by atoms with E-state index in [-0.39, 0.29) is 5.82 Å². The molecule has 1 aromatic rings. The summed E-state index contributed by atoms with van der Waals surface area (Å²) in [4.78, 5) is 8.40. The Morgan fingerprint density at radius 3 is 2.73 bits per heavy atom. The molecule has 1 fully saturated rings. The van der Waals surface area contributed by atoms with Crippen molar-refractivity contribution in [3.63, 3.8) is 0 Å². The molecule has 0 radical (unpaired) electrons. The molecule has 2 heterocycles. The summed E-state index contributed by atoms with van der Waals surface area (Å²) < 4.78 is 32.7. The Hall–Kier alpha value is -2.15. The van der Waals surface area contributed by atoms with E-state index >= 15 is 0 Å². The van der Waals surface area contributed by atoms with Crippen molar-refractivity contribution in [2.45, 2.75) is 12.8 Å². The fourth-order valence-electron chi connectivity index (χ4n) is 3.35. The summed E-state index contributed by atoms with van der Waals surface area (Å²) in [6.07, 6.45) is 4.13. The van der Waals surface area contributed by atoms with E-state index in [4.69, 9.17) is 4.74 Å². The number of anilines is 1. The van der Waals surface area contributed by atoms with Crippen LogP contribution < -0.4 is 10.2 Å². The molecule has 0 saturated carbocycles. The van der Waals surface area contributed by atoms with Gasteiger partial charge in [0.05, 0.1) is 18.9 Å². The third kappa shape index (κ3) is 4.72. The monoisotopic (exact) mass is 364 g/mol. The minimum Gasteiger partial charge on any atom is -0.377 e. The molecule has 142 valence electrons. The van der Waals surface area contributed by atoms with Crippen molar-refractivity contribution >= 4 is 11.6 Å². The van der Waals surface area contributed by atoms with Crippen LogP contribution in [0.3, 0.4) is 0 Å². The van der Waals surface area contributed by atoms with E-state index in [0.29, 0.717) is 38.5 Å². The summed E-state index contributed by atoms with van der Waals surface area (Å²) in [7, 11) is 1.77. The van der Waals surface area contributed by atoms with Gasteiger partial charge in [0.25, 0.3) is 0 Å². The molecule has 0 aliphatic carbocycles. The van der Waals surface area contributed by atoms with Crippen LogP contribution in [0.15, 0.2) is 34.8 Å². The quantitative estimate of drug-likeness (QED) is 0.506. The summed E-state index contributed by atoms with van der Waals surface area (Å²) in [6.45, 7) is 5.03. The van der Waals surface area contributed by atoms with Crippen LogP contribution in [0.2, 0.25) is 0 Å². The Morgan fingerprint density at radius 1 is 1.23 bits per heavy atom. The number of hydrogen-bond donors (Lipinski definition) is 1. The van der Waals surface area contributed by atoms with E-state index in [1.165, 1.54) is 17.7 Å². The van der Waals surface area contributed by atoms with Gasteiger partial charge in [0.2, 0.25) is 0 Å². The highest BCUT2D eigenvalue weighted by Crippen LogP contribution is 2.22. The highest BCUT2D eigenvalue weighted by Gasteiger charge is 2.22. The number of halogens is 2. The molecule has 0 aromatic heterocycles. The summed E-state index contributed by atoms with van der Waals surface area (Å²) in [5.41, 5.74) is 1.75. The standard InChI is InChI=1S/C19H26F2N4O/c1-22-19(23-7-4-15-5-12-26-13-6-15)25-10-8-24(9-11-25)18-14-16(20)2-3-17(18)21/h2-3,5,14H,4,6-13H2,1H3,(H,22,23). The van der Waals surface area contributed by atoms with E-state index in [2.05, 4.69) is 21.3 Å². The van der Waals surface area contributed by atoms with Crippen LogP contribution >= 0.6 is 0 Å². The third-order valence-corrected chi connectivity index (χ3v) is 4.83. The zero-order valence-electron chi connectivity index (χ0n) is 15.2. The second-order valence-corrected chi connectivity index (χ2v) is 6.48. The molecule has 1 N–H and O–H groups in total. The van der Waals surface area contributed by atoms with Crippen LogP contribution in [-0.2, 0) is 4.74 Å². The Bertz CT molecular complexity index is 670. The highest BCUT2D eigenvalue weighted by molar-refractivity contribution is 5.80. The van der Waals surface area contributed by atoms with Crippen LogP contribution in [0.5, 0.6) is 0 Å². The molecule has 0 bridgehead atoms. The van der Waals surface area contributed by atoms with Crippen molar-refractivity contribution in [1.82, 2.24) is 10.2 Å². The SMILES string of the molecule is CN=C(NCCC1=CCOCC1)N1CCN(c2cc(F)ccc2F)CC1. The molecule has 7 heteroatoms. The number of nitrogens with zero attached hydrogens (tertiary/aromatic N) is 3. The van der Waals surface area contributed by atoms with Crippen molar-refractivity contribution in [3.05, 3.63) is 41.5 Å². The highest BCUT2D eigenvalue weighted by atomic mass is 19.1. The predicted octanol–water partition coefficient (Wildman–Crippen LogP) is 2.40. The molecule has 26 heavy (non-hydrogen) atoms. The molecule has 1 aromatic carbocycles. The molecule has 2 aliphatic rings. The van der Waals surface area contributed by atoms with E-state index in [9.17, 15) is 8.78 Å². The molecule has 5 nitrogen and oxygen atoms in total. The number of hydrogen-bond acceptors (Lipinski definition) is 3. The van der Waals surface area contributed by atoms with Gasteiger partial charge in [-0.2, -0.15) is 0 Å². The molecule has 3 rings (SSSR count). The number of aliphatic imine (C=N–C) groups is 1. The van der Waals surface area contributed by atoms with Crippen LogP contribution in [-0.4, -0.2) is 63.8 Å². The van der Waals surface area contributed by atoms with Crippen LogP contribution in [0.1, 0.15) is 12.8 Å². The zero-order valence-corrected chi connectivity index (χ0v) is 15.2. The topological polar surface area (TPSA) is 40.1 Å². The second-order valence-electron chi connectivity index (χ2n) is 6.48. The first-order valence-electron chi connectivity index (χ1n) is 9.08. The second kappa shape index (κ2) is 8.98. The van der Waals surface area contributed by atoms with Crippen molar-refractivity contribution in [3.8, 4) is 0 Å². The minimum atomic E-state index is -0.413. The summed E-state index contributed by atoms with van der Waals surface area (Å²) in [5, 5.41) is 3.40. The smallest absolute Gasteiger partial charge is 0.193 e. The predicted molar refractivity (Wildman–Crippen MR) is 99.6 cm³/mol. The molecular formula is C19H26F2N4O. The van der Waals surface area contributed by atoms with Crippen LogP contribution in [0, 0.1) is 11.6 Å². The van der Waals surface area contributed by atoms with Gasteiger partial charge in [0.15, 0.2) is 5.96 Å². The Kier molecular flexibility index (Phi) is 6.44. The van der Waals surface area contributed by atoms with E-state index in [1.54, 1.807) is 7.05 Å². The molecule has 1 saturated heterocycles. The lowest BCUT2D eigenvalue weighted by Crippen LogP contribution is -2.52. The van der Waals surface area contributed by atoms with Crippen molar-refractivity contribution in [2.24, 2.45) is 4.99 Å². The van der Waals surface area contributed by atoms with Crippen molar-refractivity contribution in [2.75, 3.05) is 57.9 Å². The maximum Gasteiger partial charge on any atom is 0.193 e. The fourth-order valence-corrected chi connectivity index (χ4v) is 3.35. The van der Waals surface area contributed by atoms with Gasteiger partial charge < -0.3 is 19.9 Å². The van der Waals surface area contributed by atoms with Gasteiger partial charge in [-0.3, -0.25) is 4.99 Å². The lowest BCUT2D eigenvalue weighted by Gasteiger charge is -2.37. The zero-order chi connectivity index (χ0) is 18.4. The lowest BCUT2D eigenvalue weighted by molar-refractivity contribution is 0.153. The molecular weight excluding hydrogens is 338 g/mol. The van der Waals surface area contributed by atoms with Gasteiger partial charge in [-0.15, -0.1) is 0 Å². The largest absolute Gasteiger partial charge is 0.377 e. The van der Waals surface area contributed by atoms with Gasteiger partial charge in [0, 0.05) is 45.8 Å². The van der Waals surface area contributed by atoms with Gasteiger partial charge in [-0.25, -0.2) is 8.78 Å². The number of guanidine groups is 1. The number of piperazine rings is 1. The summed E-state index contributed by atoms with van der Waals surface area (Å²) >= 11 is 0. The molecule has 0 unspecified atom stereocenters. The number of rotatable bonds is 4. The first-order valence-corrected chi connectivity index (χ1v) is 9.08. The van der Waals surface area contributed by atoms with Gasteiger partial charge >= 0.3 is 0 Å². The number of nitrogens with one attached hydrogen (secondary N) is 1. The maximum atomic E-state index is 13.9. The van der Waals surface area contributed by atoms with E-state index in [0.717, 1.165) is 38.0 Å². The molecule has 0 atom stereocenters. The third-order valence-electron chi connectivity index (χ3n) is 4.83. The van der Waals surface area contributed by atoms with Gasteiger partial charge in [0.1, 0.15) is 11.6 Å². The van der Waals surface area contributed by atoms with Gasteiger partial charge in [-0.1, -0.05) is 11.6 Å². The average molecular weight is 364 g/mol.